The third kappa shape index (κ3) is 5.53. The number of anilines is 2. The molecule has 0 bridgehead atoms. The number of amides is 1. The van der Waals surface area contributed by atoms with Crippen molar-refractivity contribution in [3.8, 4) is 5.75 Å². The van der Waals surface area contributed by atoms with E-state index in [1.54, 1.807) is 61.0 Å². The van der Waals surface area contributed by atoms with E-state index in [0.29, 0.717) is 17.1 Å². The van der Waals surface area contributed by atoms with E-state index in [-0.39, 0.29) is 15.4 Å². The van der Waals surface area contributed by atoms with Crippen LogP contribution in [0.4, 0.5) is 11.4 Å². The van der Waals surface area contributed by atoms with Gasteiger partial charge in [-0.25, -0.2) is 8.42 Å². The van der Waals surface area contributed by atoms with Gasteiger partial charge in [-0.1, -0.05) is 18.2 Å². The second-order valence-electron chi connectivity index (χ2n) is 6.01. The first-order chi connectivity index (χ1) is 13.9. The third-order valence-electron chi connectivity index (χ3n) is 3.91. The van der Waals surface area contributed by atoms with Crippen LogP contribution in [0.2, 0.25) is 0 Å². The van der Waals surface area contributed by atoms with E-state index in [4.69, 9.17) is 4.74 Å². The zero-order valence-electron chi connectivity index (χ0n) is 15.8. The van der Waals surface area contributed by atoms with Crippen LogP contribution in [0.15, 0.2) is 75.1 Å². The summed E-state index contributed by atoms with van der Waals surface area (Å²) in [4.78, 5) is 13.3. The van der Waals surface area contributed by atoms with Crippen molar-refractivity contribution in [2.75, 3.05) is 17.1 Å². The van der Waals surface area contributed by atoms with Crippen LogP contribution in [0.3, 0.4) is 0 Å². The fourth-order valence-electron chi connectivity index (χ4n) is 2.46. The molecule has 0 spiro atoms. The molecule has 3 rings (SSSR count). The monoisotopic (exact) mass is 448 g/mol. The van der Waals surface area contributed by atoms with E-state index in [1.807, 2.05) is 19.1 Å². The maximum absolute atomic E-state index is 12.5. The van der Waals surface area contributed by atoms with Gasteiger partial charge in [0.2, 0.25) is 5.91 Å². The molecular formula is C20H20N2O4S3. The molecule has 1 aromatic heterocycles. The standard InChI is InChI=1S/C20H20N2O4S3/c1-14(20(23)21-17-6-3-4-7-18(17)26-2)28-16-11-9-15(10-12-16)22-29(24,25)19-8-5-13-27-19/h3-14,22H,1-2H3,(H,21,23). The van der Waals surface area contributed by atoms with Crippen molar-refractivity contribution in [1.82, 2.24) is 0 Å². The Bertz CT molecular complexity index is 1070. The van der Waals surface area contributed by atoms with Crippen LogP contribution in [-0.4, -0.2) is 26.7 Å². The zero-order valence-corrected chi connectivity index (χ0v) is 18.2. The van der Waals surface area contributed by atoms with E-state index >= 15 is 0 Å². The minimum absolute atomic E-state index is 0.151. The SMILES string of the molecule is COc1ccccc1NC(=O)C(C)Sc1ccc(NS(=O)(=O)c2cccs2)cc1. The molecule has 1 unspecified atom stereocenters. The number of rotatable bonds is 8. The molecule has 0 aliphatic heterocycles. The van der Waals surface area contributed by atoms with Gasteiger partial charge in [0.1, 0.15) is 9.96 Å². The van der Waals surface area contributed by atoms with E-state index < -0.39 is 10.0 Å². The van der Waals surface area contributed by atoms with Crippen LogP contribution < -0.4 is 14.8 Å². The lowest BCUT2D eigenvalue weighted by molar-refractivity contribution is -0.115. The third-order valence-corrected chi connectivity index (χ3v) is 7.80. The average molecular weight is 449 g/mol. The normalized spacial score (nSPS) is 12.2. The number of carbonyl (C=O) groups is 1. The van der Waals surface area contributed by atoms with E-state index in [9.17, 15) is 13.2 Å². The number of thiophene rings is 1. The lowest BCUT2D eigenvalue weighted by Crippen LogP contribution is -2.22. The molecule has 0 saturated heterocycles. The highest BCUT2D eigenvalue weighted by molar-refractivity contribution is 8.00. The van der Waals surface area contributed by atoms with E-state index in [1.165, 1.54) is 11.8 Å². The van der Waals surface area contributed by atoms with Gasteiger partial charge >= 0.3 is 0 Å². The Balaban J connectivity index is 1.61. The molecule has 0 fully saturated rings. The molecule has 2 N–H and O–H groups in total. The van der Waals surface area contributed by atoms with Gasteiger partial charge in [0.15, 0.2) is 0 Å². The molecule has 0 saturated carbocycles. The Morgan fingerprint density at radius 3 is 2.45 bits per heavy atom. The Morgan fingerprint density at radius 1 is 1.07 bits per heavy atom. The summed E-state index contributed by atoms with van der Waals surface area (Å²) in [5.41, 5.74) is 1.08. The first-order valence-electron chi connectivity index (χ1n) is 8.66. The molecule has 1 amide bonds. The van der Waals surface area contributed by atoms with Gasteiger partial charge in [-0.3, -0.25) is 9.52 Å². The quantitative estimate of drug-likeness (QED) is 0.489. The van der Waals surface area contributed by atoms with E-state index in [2.05, 4.69) is 10.0 Å². The highest BCUT2D eigenvalue weighted by Crippen LogP contribution is 2.28. The average Bonchev–Trinajstić information content (AvgIpc) is 3.25. The minimum atomic E-state index is -3.57. The van der Waals surface area contributed by atoms with Crippen LogP contribution in [0, 0.1) is 0 Å². The molecule has 0 aliphatic carbocycles. The molecule has 0 aliphatic rings. The van der Waals surface area contributed by atoms with Gasteiger partial charge in [0.25, 0.3) is 10.0 Å². The fourth-order valence-corrected chi connectivity index (χ4v) is 5.38. The number of ether oxygens (including phenoxy) is 1. The second kappa shape index (κ2) is 9.34. The maximum atomic E-state index is 12.5. The minimum Gasteiger partial charge on any atom is -0.495 e. The highest BCUT2D eigenvalue weighted by atomic mass is 32.2. The Kier molecular flexibility index (Phi) is 6.83. The number of hydrogen-bond donors (Lipinski definition) is 2. The van der Waals surface area contributed by atoms with Crippen LogP contribution >= 0.6 is 23.1 Å². The van der Waals surface area contributed by atoms with Gasteiger partial charge in [-0.05, 0) is 54.8 Å². The second-order valence-corrected chi connectivity index (χ2v) is 10.3. The van der Waals surface area contributed by atoms with Gasteiger partial charge in [0.05, 0.1) is 18.0 Å². The summed E-state index contributed by atoms with van der Waals surface area (Å²) in [5, 5.41) is 4.23. The summed E-state index contributed by atoms with van der Waals surface area (Å²) in [7, 11) is -2.02. The molecule has 6 nitrogen and oxygen atoms in total. The molecular weight excluding hydrogens is 428 g/mol. The molecule has 29 heavy (non-hydrogen) atoms. The summed E-state index contributed by atoms with van der Waals surface area (Å²) in [5.74, 6) is 0.447. The smallest absolute Gasteiger partial charge is 0.271 e. The lowest BCUT2D eigenvalue weighted by Gasteiger charge is -2.14. The number of thioether (sulfide) groups is 1. The topological polar surface area (TPSA) is 84.5 Å². The summed E-state index contributed by atoms with van der Waals surface area (Å²) < 4.78 is 32.6. The first kappa shape index (κ1) is 21.2. The van der Waals surface area contributed by atoms with Gasteiger partial charge in [0, 0.05) is 10.6 Å². The molecule has 9 heteroatoms. The number of hydrogen-bond acceptors (Lipinski definition) is 6. The van der Waals surface area contributed by atoms with Gasteiger partial charge in [-0.2, -0.15) is 0 Å². The number of nitrogens with one attached hydrogen (secondary N) is 2. The number of benzene rings is 2. The van der Waals surface area contributed by atoms with Crippen molar-refractivity contribution in [3.63, 3.8) is 0 Å². The van der Waals surface area contributed by atoms with E-state index in [0.717, 1.165) is 16.2 Å². The van der Waals surface area contributed by atoms with Crippen LogP contribution in [0.25, 0.3) is 0 Å². The predicted molar refractivity (Wildman–Crippen MR) is 119 cm³/mol. The molecule has 0 radical (unpaired) electrons. The van der Waals surface area contributed by atoms with Gasteiger partial charge in [-0.15, -0.1) is 23.1 Å². The van der Waals surface area contributed by atoms with Crippen LogP contribution in [-0.2, 0) is 14.8 Å². The molecule has 152 valence electrons. The van der Waals surface area contributed by atoms with Crippen molar-refractivity contribution in [3.05, 3.63) is 66.0 Å². The maximum Gasteiger partial charge on any atom is 0.271 e. The predicted octanol–water partition coefficient (Wildman–Crippen LogP) is 4.68. The van der Waals surface area contributed by atoms with Crippen LogP contribution in [0.1, 0.15) is 6.92 Å². The van der Waals surface area contributed by atoms with Crippen LogP contribution in [0.5, 0.6) is 5.75 Å². The molecule has 2 aromatic carbocycles. The summed E-state index contributed by atoms with van der Waals surface area (Å²) in [6, 6.07) is 17.4. The van der Waals surface area contributed by atoms with Crippen molar-refractivity contribution in [2.45, 2.75) is 21.3 Å². The number of methoxy groups -OCH3 is 1. The number of para-hydroxylation sites is 2. The van der Waals surface area contributed by atoms with Crippen molar-refractivity contribution < 1.29 is 17.9 Å². The Hall–Kier alpha value is -2.49. The van der Waals surface area contributed by atoms with Crippen molar-refractivity contribution >= 4 is 50.4 Å². The van der Waals surface area contributed by atoms with Crippen molar-refractivity contribution in [1.29, 1.82) is 0 Å². The molecule has 3 aromatic rings. The van der Waals surface area contributed by atoms with Gasteiger partial charge < -0.3 is 10.1 Å². The number of sulfonamides is 1. The highest BCUT2D eigenvalue weighted by Gasteiger charge is 2.17. The zero-order chi connectivity index (χ0) is 20.9. The summed E-state index contributed by atoms with van der Waals surface area (Å²) in [6.45, 7) is 1.81. The Labute approximate surface area is 178 Å². The summed E-state index contributed by atoms with van der Waals surface area (Å²) >= 11 is 2.54. The first-order valence-corrected chi connectivity index (χ1v) is 11.9. The molecule has 1 heterocycles. The summed E-state index contributed by atoms with van der Waals surface area (Å²) in [6.07, 6.45) is 0. The number of carbonyl (C=O) groups excluding carboxylic acids is 1. The largest absolute Gasteiger partial charge is 0.495 e. The van der Waals surface area contributed by atoms with Crippen molar-refractivity contribution in [2.24, 2.45) is 0 Å². The Morgan fingerprint density at radius 2 is 1.79 bits per heavy atom. The fraction of sp³-hybridized carbons (Fsp3) is 0.150. The molecule has 1 atom stereocenters. The lowest BCUT2D eigenvalue weighted by atomic mass is 10.3.